The maximum atomic E-state index is 12.8. The van der Waals surface area contributed by atoms with Crippen LogP contribution >= 0.6 is 0 Å². The van der Waals surface area contributed by atoms with E-state index in [0.29, 0.717) is 19.6 Å². The molecule has 1 aliphatic heterocycles. The molecular formula is C24H25N3O3. The van der Waals surface area contributed by atoms with Gasteiger partial charge in [0.05, 0.1) is 48.0 Å². The Morgan fingerprint density at radius 3 is 2.83 bits per heavy atom. The minimum absolute atomic E-state index is 0.0564. The quantitative estimate of drug-likeness (QED) is 0.482. The summed E-state index contributed by atoms with van der Waals surface area (Å²) in [6.45, 7) is 3.75. The smallest absolute Gasteiger partial charge is 0.226 e. The van der Waals surface area contributed by atoms with Crippen molar-refractivity contribution >= 4 is 38.9 Å². The molecule has 3 heterocycles. The Labute approximate surface area is 174 Å². The van der Waals surface area contributed by atoms with Crippen LogP contribution < -0.4 is 5.32 Å². The molecule has 1 aliphatic rings. The van der Waals surface area contributed by atoms with Crippen LogP contribution in [-0.2, 0) is 14.3 Å². The van der Waals surface area contributed by atoms with Crippen molar-refractivity contribution in [1.82, 2.24) is 9.38 Å². The fourth-order valence-electron chi connectivity index (χ4n) is 4.31. The predicted octanol–water partition coefficient (Wildman–Crippen LogP) is 4.47. The lowest BCUT2D eigenvalue weighted by Crippen LogP contribution is -2.18. The van der Waals surface area contributed by atoms with Crippen molar-refractivity contribution in [2.24, 2.45) is 0 Å². The Hall–Kier alpha value is -2.96. The van der Waals surface area contributed by atoms with Gasteiger partial charge in [0.1, 0.15) is 5.82 Å². The molecule has 1 atom stereocenters. The molecule has 30 heavy (non-hydrogen) atoms. The number of carbonyl (C=O) groups is 1. The third-order valence-electron chi connectivity index (χ3n) is 5.71. The van der Waals surface area contributed by atoms with Gasteiger partial charge in [-0.05, 0) is 31.9 Å². The van der Waals surface area contributed by atoms with Gasteiger partial charge >= 0.3 is 0 Å². The van der Waals surface area contributed by atoms with Crippen molar-refractivity contribution in [2.45, 2.75) is 32.3 Å². The van der Waals surface area contributed by atoms with Crippen LogP contribution in [0.2, 0.25) is 0 Å². The molecule has 2 aromatic carbocycles. The first-order valence-electron chi connectivity index (χ1n) is 10.5. The van der Waals surface area contributed by atoms with Gasteiger partial charge in [-0.1, -0.05) is 36.4 Å². The van der Waals surface area contributed by atoms with Crippen LogP contribution in [0.15, 0.2) is 48.5 Å². The van der Waals surface area contributed by atoms with Gasteiger partial charge in [0.15, 0.2) is 0 Å². The molecule has 1 N–H and O–H groups in total. The van der Waals surface area contributed by atoms with Crippen molar-refractivity contribution in [2.75, 3.05) is 25.1 Å². The lowest BCUT2D eigenvalue weighted by molar-refractivity contribution is -0.117. The summed E-state index contributed by atoms with van der Waals surface area (Å²) in [5.41, 5.74) is 3.76. The molecule has 0 bridgehead atoms. The summed E-state index contributed by atoms with van der Waals surface area (Å²) in [4.78, 5) is 17.5. The van der Waals surface area contributed by atoms with Gasteiger partial charge < -0.3 is 14.8 Å². The number of hydrogen-bond acceptors (Lipinski definition) is 4. The average molecular weight is 403 g/mol. The average Bonchev–Trinajstić information content (AvgIpc) is 3.39. The van der Waals surface area contributed by atoms with Gasteiger partial charge in [-0.25, -0.2) is 4.98 Å². The summed E-state index contributed by atoms with van der Waals surface area (Å²) in [7, 11) is 0. The number of aryl methyl sites for hydroxylation is 1. The maximum absolute atomic E-state index is 12.8. The molecule has 6 heteroatoms. The van der Waals surface area contributed by atoms with E-state index in [1.807, 2.05) is 43.3 Å². The minimum atomic E-state index is -0.0564. The molecule has 1 fully saturated rings. The van der Waals surface area contributed by atoms with Crippen molar-refractivity contribution < 1.29 is 14.3 Å². The van der Waals surface area contributed by atoms with Gasteiger partial charge in [0.25, 0.3) is 0 Å². The molecule has 0 aliphatic carbocycles. The highest BCUT2D eigenvalue weighted by molar-refractivity contribution is 6.16. The first kappa shape index (κ1) is 19.0. The summed E-state index contributed by atoms with van der Waals surface area (Å²) >= 11 is 0. The third-order valence-corrected chi connectivity index (χ3v) is 5.71. The molecule has 6 nitrogen and oxygen atoms in total. The molecule has 1 unspecified atom stereocenters. The van der Waals surface area contributed by atoms with Gasteiger partial charge in [-0.15, -0.1) is 0 Å². The lowest BCUT2D eigenvalue weighted by atomic mass is 10.1. The van der Waals surface area contributed by atoms with Crippen LogP contribution in [0.3, 0.4) is 0 Å². The Morgan fingerprint density at radius 2 is 2.00 bits per heavy atom. The summed E-state index contributed by atoms with van der Waals surface area (Å²) in [6.07, 6.45) is 2.61. The minimum Gasteiger partial charge on any atom is -0.378 e. The molecule has 0 radical (unpaired) electrons. The van der Waals surface area contributed by atoms with E-state index in [0.717, 1.165) is 58.3 Å². The zero-order valence-electron chi connectivity index (χ0n) is 17.1. The number of aromatic nitrogens is 2. The molecule has 0 saturated carbocycles. The fraction of sp³-hybridized carbons (Fsp3) is 0.333. The number of hydrogen-bond donors (Lipinski definition) is 1. The normalized spacial score (nSPS) is 16.6. The highest BCUT2D eigenvalue weighted by Crippen LogP contribution is 2.36. The molecular weight excluding hydrogens is 378 g/mol. The molecule has 0 spiro atoms. The van der Waals surface area contributed by atoms with Crippen LogP contribution in [0.5, 0.6) is 0 Å². The van der Waals surface area contributed by atoms with Crippen molar-refractivity contribution in [3.8, 4) is 0 Å². The van der Waals surface area contributed by atoms with Gasteiger partial charge in [-0.2, -0.15) is 0 Å². The summed E-state index contributed by atoms with van der Waals surface area (Å²) < 4.78 is 13.4. The van der Waals surface area contributed by atoms with Crippen LogP contribution in [0.1, 0.15) is 25.1 Å². The molecule has 2 aromatic heterocycles. The number of ether oxygens (including phenoxy) is 2. The predicted molar refractivity (Wildman–Crippen MR) is 118 cm³/mol. The summed E-state index contributed by atoms with van der Waals surface area (Å²) in [5.74, 6) is 0.833. The van der Waals surface area contributed by atoms with E-state index in [1.165, 1.54) is 0 Å². The second kappa shape index (κ2) is 8.05. The van der Waals surface area contributed by atoms with E-state index in [9.17, 15) is 4.79 Å². The number of para-hydroxylation sites is 2. The number of nitrogens with one attached hydrogen (secondary N) is 1. The number of benzene rings is 2. The van der Waals surface area contributed by atoms with Gasteiger partial charge in [-0.3, -0.25) is 9.20 Å². The standard InChI is InChI=1S/C24H25N3O3/c1-16-25-20-10-4-2-8-18(20)24-23(19-9-3-5-11-21(19)27(16)24)26-22(28)12-14-29-15-17-7-6-13-30-17/h2-5,8-11,17H,6-7,12-15H2,1H3,(H,26,28). The monoisotopic (exact) mass is 403 g/mol. The number of amides is 1. The number of fused-ring (bicyclic) bond motifs is 5. The Bertz CT molecular complexity index is 1220. The first-order chi connectivity index (χ1) is 14.7. The Balaban J connectivity index is 1.46. The van der Waals surface area contributed by atoms with Crippen LogP contribution in [-0.4, -0.2) is 41.2 Å². The first-order valence-corrected chi connectivity index (χ1v) is 10.5. The fourth-order valence-corrected chi connectivity index (χ4v) is 4.31. The largest absolute Gasteiger partial charge is 0.378 e. The number of carbonyl (C=O) groups excluding carboxylic acids is 1. The molecule has 4 aromatic rings. The number of rotatable bonds is 6. The zero-order valence-corrected chi connectivity index (χ0v) is 17.1. The maximum Gasteiger partial charge on any atom is 0.226 e. The van der Waals surface area contributed by atoms with E-state index in [-0.39, 0.29) is 12.0 Å². The zero-order chi connectivity index (χ0) is 20.5. The van der Waals surface area contributed by atoms with Gasteiger partial charge in [0.2, 0.25) is 5.91 Å². The van der Waals surface area contributed by atoms with Crippen molar-refractivity contribution in [3.05, 3.63) is 54.4 Å². The van der Waals surface area contributed by atoms with E-state index >= 15 is 0 Å². The van der Waals surface area contributed by atoms with E-state index in [2.05, 4.69) is 21.9 Å². The van der Waals surface area contributed by atoms with Crippen LogP contribution in [0.25, 0.3) is 27.3 Å². The second-order valence-corrected chi connectivity index (χ2v) is 7.76. The van der Waals surface area contributed by atoms with Crippen molar-refractivity contribution in [1.29, 1.82) is 0 Å². The molecule has 1 amide bonds. The number of nitrogens with zero attached hydrogens (tertiary/aromatic N) is 2. The lowest BCUT2D eigenvalue weighted by Gasteiger charge is -2.11. The second-order valence-electron chi connectivity index (χ2n) is 7.76. The van der Waals surface area contributed by atoms with Gasteiger partial charge in [0, 0.05) is 17.4 Å². The van der Waals surface area contributed by atoms with Crippen LogP contribution in [0.4, 0.5) is 5.69 Å². The molecule has 5 rings (SSSR count). The Kier molecular flexibility index (Phi) is 5.11. The summed E-state index contributed by atoms with van der Waals surface area (Å²) in [5, 5.41) is 5.18. The molecule has 1 saturated heterocycles. The highest BCUT2D eigenvalue weighted by atomic mass is 16.5. The van der Waals surface area contributed by atoms with Crippen LogP contribution in [0, 0.1) is 6.92 Å². The number of anilines is 1. The summed E-state index contributed by atoms with van der Waals surface area (Å²) in [6, 6.07) is 16.1. The topological polar surface area (TPSA) is 64.9 Å². The molecule has 154 valence electrons. The Morgan fingerprint density at radius 1 is 1.20 bits per heavy atom. The van der Waals surface area contributed by atoms with Crippen molar-refractivity contribution in [3.63, 3.8) is 0 Å². The SMILES string of the molecule is Cc1nc2ccccc2c2c(NC(=O)CCOCC3CCCO3)c3ccccc3n12. The van der Waals surface area contributed by atoms with E-state index in [1.54, 1.807) is 0 Å². The highest BCUT2D eigenvalue weighted by Gasteiger charge is 2.19. The van der Waals surface area contributed by atoms with E-state index < -0.39 is 0 Å². The van der Waals surface area contributed by atoms with E-state index in [4.69, 9.17) is 14.5 Å². The third kappa shape index (κ3) is 3.42.